The van der Waals surface area contributed by atoms with Crippen LogP contribution in [0, 0.1) is 0 Å². The summed E-state index contributed by atoms with van der Waals surface area (Å²) in [6, 6.07) is 8.73. The molecule has 0 aliphatic heterocycles. The first-order valence-electron chi connectivity index (χ1n) is 5.20. The smallest absolute Gasteiger partial charge is 0.341 e. The molecule has 0 unspecified atom stereocenters. The van der Waals surface area contributed by atoms with E-state index in [-0.39, 0.29) is 11.7 Å². The highest BCUT2D eigenvalue weighted by atomic mass is 19.4. The second kappa shape index (κ2) is 5.09. The Bertz CT molecular complexity index is 566. The zero-order valence-corrected chi connectivity index (χ0v) is 9.44. The molecule has 2 rings (SSSR count). The highest BCUT2D eigenvalue weighted by Gasteiger charge is 2.38. The number of hydrogen-bond donors (Lipinski definition) is 1. The summed E-state index contributed by atoms with van der Waals surface area (Å²) in [6.07, 6.45) is -4.92. The van der Waals surface area contributed by atoms with E-state index in [9.17, 15) is 18.0 Å². The summed E-state index contributed by atoms with van der Waals surface area (Å²) in [5.74, 6) is -1.90. The van der Waals surface area contributed by atoms with Gasteiger partial charge in [0.2, 0.25) is 0 Å². The third-order valence-electron chi connectivity index (χ3n) is 2.15. The summed E-state index contributed by atoms with van der Waals surface area (Å²) in [4.78, 5) is 14.5. The molecule has 8 heteroatoms. The van der Waals surface area contributed by atoms with E-state index >= 15 is 0 Å². The Hall–Kier alpha value is -2.38. The number of benzene rings is 1. The Labute approximate surface area is 105 Å². The molecule has 1 heterocycles. The molecule has 0 radical (unpaired) electrons. The van der Waals surface area contributed by atoms with Gasteiger partial charge in [-0.1, -0.05) is 23.4 Å². The molecule has 1 aromatic carbocycles. The first kappa shape index (κ1) is 13.1. The fourth-order valence-corrected chi connectivity index (χ4v) is 1.28. The average molecular weight is 271 g/mol. The molecule has 2 aromatic rings. The molecule has 0 saturated carbocycles. The zero-order chi connectivity index (χ0) is 13.9. The molecule has 0 aliphatic carbocycles. The minimum atomic E-state index is -4.92. The van der Waals surface area contributed by atoms with Crippen LogP contribution in [-0.2, 0) is 11.3 Å². The highest BCUT2D eigenvalue weighted by molar-refractivity contribution is 5.81. The number of nitrogens with zero attached hydrogens (tertiary/aromatic N) is 2. The van der Waals surface area contributed by atoms with Gasteiger partial charge in [-0.3, -0.25) is 4.79 Å². The SMILES string of the molecule is O=C(NCc1noc(-c2ccccc2)n1)C(F)(F)F. The molecule has 0 saturated heterocycles. The van der Waals surface area contributed by atoms with Crippen LogP contribution in [0.4, 0.5) is 13.2 Å². The number of nitrogens with one attached hydrogen (secondary N) is 1. The maximum absolute atomic E-state index is 11.9. The zero-order valence-electron chi connectivity index (χ0n) is 9.44. The summed E-state index contributed by atoms with van der Waals surface area (Å²) < 4.78 is 40.7. The van der Waals surface area contributed by atoms with Gasteiger partial charge in [0.15, 0.2) is 5.82 Å². The fourth-order valence-electron chi connectivity index (χ4n) is 1.28. The fraction of sp³-hybridized carbons (Fsp3) is 0.182. The summed E-state index contributed by atoms with van der Waals surface area (Å²) in [6.45, 7) is -0.450. The van der Waals surface area contributed by atoms with E-state index in [0.29, 0.717) is 5.56 Å². The van der Waals surface area contributed by atoms with Crippen molar-refractivity contribution in [1.29, 1.82) is 0 Å². The lowest BCUT2D eigenvalue weighted by Crippen LogP contribution is -2.36. The largest absolute Gasteiger partial charge is 0.471 e. The van der Waals surface area contributed by atoms with Crippen molar-refractivity contribution < 1.29 is 22.5 Å². The van der Waals surface area contributed by atoms with Crippen molar-refractivity contribution in [2.75, 3.05) is 0 Å². The summed E-state index contributed by atoms with van der Waals surface area (Å²) in [5.41, 5.74) is 0.642. The first-order chi connectivity index (χ1) is 8.97. The molecule has 0 bridgehead atoms. The maximum Gasteiger partial charge on any atom is 0.471 e. The monoisotopic (exact) mass is 271 g/mol. The number of alkyl halides is 3. The van der Waals surface area contributed by atoms with Crippen molar-refractivity contribution in [2.45, 2.75) is 12.7 Å². The van der Waals surface area contributed by atoms with Gasteiger partial charge >= 0.3 is 12.1 Å². The minimum absolute atomic E-state index is 0.0311. The standard InChI is InChI=1S/C11H8F3N3O2/c12-11(13,14)10(18)15-6-8-16-9(19-17-8)7-4-2-1-3-5-7/h1-5H,6H2,(H,15,18). The summed E-state index contributed by atoms with van der Waals surface area (Å²) >= 11 is 0. The van der Waals surface area contributed by atoms with E-state index in [1.165, 1.54) is 0 Å². The van der Waals surface area contributed by atoms with Gasteiger partial charge in [0, 0.05) is 5.56 Å². The molecule has 100 valence electrons. The average Bonchev–Trinajstić information content (AvgIpc) is 2.84. The van der Waals surface area contributed by atoms with E-state index in [4.69, 9.17) is 4.52 Å². The van der Waals surface area contributed by atoms with Crippen LogP contribution in [0.25, 0.3) is 11.5 Å². The van der Waals surface area contributed by atoms with Gasteiger partial charge in [-0.05, 0) is 12.1 Å². The molecule has 19 heavy (non-hydrogen) atoms. The van der Waals surface area contributed by atoms with Crippen molar-refractivity contribution in [3.63, 3.8) is 0 Å². The number of amides is 1. The minimum Gasteiger partial charge on any atom is -0.341 e. The predicted octanol–water partition coefficient (Wildman–Crippen LogP) is 1.92. The van der Waals surface area contributed by atoms with E-state index < -0.39 is 18.6 Å². The molecule has 5 nitrogen and oxygen atoms in total. The predicted molar refractivity (Wildman–Crippen MR) is 57.6 cm³/mol. The second-order valence-corrected chi connectivity index (χ2v) is 3.56. The van der Waals surface area contributed by atoms with Crippen LogP contribution in [0.3, 0.4) is 0 Å². The van der Waals surface area contributed by atoms with Crippen molar-refractivity contribution in [2.24, 2.45) is 0 Å². The lowest BCUT2D eigenvalue weighted by molar-refractivity contribution is -0.173. The van der Waals surface area contributed by atoms with Crippen molar-refractivity contribution in [3.05, 3.63) is 36.2 Å². The van der Waals surface area contributed by atoms with Gasteiger partial charge in [0.1, 0.15) is 0 Å². The van der Waals surface area contributed by atoms with Gasteiger partial charge in [0.05, 0.1) is 6.54 Å². The molecular weight excluding hydrogens is 263 g/mol. The molecule has 1 N–H and O–H groups in total. The number of hydrogen-bond acceptors (Lipinski definition) is 4. The third-order valence-corrected chi connectivity index (χ3v) is 2.15. The Morgan fingerprint density at radius 1 is 1.26 bits per heavy atom. The number of rotatable bonds is 3. The lowest BCUT2D eigenvalue weighted by atomic mass is 10.2. The van der Waals surface area contributed by atoms with Gasteiger partial charge in [-0.15, -0.1) is 0 Å². The number of carbonyl (C=O) groups is 1. The van der Waals surface area contributed by atoms with Crippen LogP contribution >= 0.6 is 0 Å². The molecule has 0 fully saturated rings. The van der Waals surface area contributed by atoms with Crippen molar-refractivity contribution in [3.8, 4) is 11.5 Å². The number of aromatic nitrogens is 2. The van der Waals surface area contributed by atoms with Crippen LogP contribution < -0.4 is 5.32 Å². The van der Waals surface area contributed by atoms with Crippen LogP contribution in [-0.4, -0.2) is 22.2 Å². The number of halogens is 3. The molecule has 0 aliphatic rings. The first-order valence-corrected chi connectivity index (χ1v) is 5.20. The summed E-state index contributed by atoms with van der Waals surface area (Å²) in [5, 5.41) is 5.13. The van der Waals surface area contributed by atoms with Gasteiger partial charge in [-0.25, -0.2) is 0 Å². The van der Waals surface area contributed by atoms with E-state index in [0.717, 1.165) is 0 Å². The summed E-state index contributed by atoms with van der Waals surface area (Å²) in [7, 11) is 0. The molecule has 0 atom stereocenters. The molecule has 1 amide bonds. The van der Waals surface area contributed by atoms with Crippen molar-refractivity contribution in [1.82, 2.24) is 15.5 Å². The molecular formula is C11H8F3N3O2. The van der Waals surface area contributed by atoms with E-state index in [1.807, 2.05) is 0 Å². The van der Waals surface area contributed by atoms with E-state index in [2.05, 4.69) is 10.1 Å². The quantitative estimate of drug-likeness (QED) is 0.926. The Kier molecular flexibility index (Phi) is 3.50. The normalized spacial score (nSPS) is 11.3. The molecule has 1 aromatic heterocycles. The van der Waals surface area contributed by atoms with Crippen LogP contribution in [0.1, 0.15) is 5.82 Å². The Balaban J connectivity index is 2.01. The lowest BCUT2D eigenvalue weighted by Gasteiger charge is -2.04. The Morgan fingerprint density at radius 3 is 2.58 bits per heavy atom. The third kappa shape index (κ3) is 3.30. The van der Waals surface area contributed by atoms with Gasteiger partial charge in [-0.2, -0.15) is 18.2 Å². The van der Waals surface area contributed by atoms with Crippen LogP contribution in [0.15, 0.2) is 34.9 Å². The highest BCUT2D eigenvalue weighted by Crippen LogP contribution is 2.17. The number of carbonyl (C=O) groups excluding carboxylic acids is 1. The van der Waals surface area contributed by atoms with Crippen molar-refractivity contribution >= 4 is 5.91 Å². The van der Waals surface area contributed by atoms with Crippen LogP contribution in [0.2, 0.25) is 0 Å². The van der Waals surface area contributed by atoms with Crippen LogP contribution in [0.5, 0.6) is 0 Å². The van der Waals surface area contributed by atoms with Gasteiger partial charge in [0.25, 0.3) is 5.89 Å². The molecule has 0 spiro atoms. The topological polar surface area (TPSA) is 68.0 Å². The van der Waals surface area contributed by atoms with Gasteiger partial charge < -0.3 is 9.84 Å². The second-order valence-electron chi connectivity index (χ2n) is 3.56. The Morgan fingerprint density at radius 2 is 1.95 bits per heavy atom. The maximum atomic E-state index is 11.9. The van der Waals surface area contributed by atoms with E-state index in [1.54, 1.807) is 35.6 Å².